The van der Waals surface area contributed by atoms with Crippen molar-refractivity contribution in [3.05, 3.63) is 120 Å². The number of aryl methyl sites for hydroxylation is 2. The van der Waals surface area contributed by atoms with Gasteiger partial charge in [0.05, 0.1) is 0 Å². The van der Waals surface area contributed by atoms with Gasteiger partial charge in [-0.3, -0.25) is 0 Å². The summed E-state index contributed by atoms with van der Waals surface area (Å²) >= 11 is 0. The van der Waals surface area contributed by atoms with Gasteiger partial charge in [0.1, 0.15) is 0 Å². The van der Waals surface area contributed by atoms with Crippen molar-refractivity contribution in [2.45, 2.75) is 13.8 Å². The first-order valence-electron chi connectivity index (χ1n) is 10.7. The summed E-state index contributed by atoms with van der Waals surface area (Å²) in [6.07, 6.45) is 0. The second kappa shape index (κ2) is 8.12. The van der Waals surface area contributed by atoms with Crippen LogP contribution in [0, 0.1) is 13.8 Å². The van der Waals surface area contributed by atoms with Crippen molar-refractivity contribution in [1.82, 2.24) is 0 Å². The van der Waals surface area contributed by atoms with E-state index in [1.807, 2.05) is 0 Å². The van der Waals surface area contributed by atoms with E-state index in [1.165, 1.54) is 44.2 Å². The smallest absolute Gasteiger partial charge is 0.0417 e. The highest BCUT2D eigenvalue weighted by atomic mass is 14.9. The molecule has 0 aliphatic heterocycles. The molecule has 0 heterocycles. The SMILES string of the molecule is Cc1cc(-c2ccccc2)c(C)cc1Nc1ccc(-c2cccc3ccccc23)cc1. The van der Waals surface area contributed by atoms with Crippen LogP contribution in [-0.4, -0.2) is 0 Å². The molecule has 5 aromatic rings. The van der Waals surface area contributed by atoms with Crippen molar-refractivity contribution in [1.29, 1.82) is 0 Å². The summed E-state index contributed by atoms with van der Waals surface area (Å²) in [4.78, 5) is 0. The maximum atomic E-state index is 3.61. The highest BCUT2D eigenvalue weighted by Crippen LogP contribution is 2.32. The molecule has 0 bridgehead atoms. The van der Waals surface area contributed by atoms with Gasteiger partial charge in [0.15, 0.2) is 0 Å². The Kier molecular flexibility index (Phi) is 5.01. The molecular formula is C30H25N. The zero-order valence-corrected chi connectivity index (χ0v) is 17.9. The Morgan fingerprint density at radius 3 is 2.00 bits per heavy atom. The van der Waals surface area contributed by atoms with E-state index in [0.29, 0.717) is 0 Å². The number of hydrogen-bond donors (Lipinski definition) is 1. The first-order chi connectivity index (χ1) is 15.2. The second-order valence-corrected chi connectivity index (χ2v) is 8.08. The lowest BCUT2D eigenvalue weighted by atomic mass is 9.97. The molecule has 31 heavy (non-hydrogen) atoms. The Labute approximate surface area is 184 Å². The fourth-order valence-corrected chi connectivity index (χ4v) is 4.25. The number of nitrogens with one attached hydrogen (secondary N) is 1. The molecule has 0 aromatic heterocycles. The van der Waals surface area contributed by atoms with Crippen LogP contribution in [0.4, 0.5) is 11.4 Å². The highest BCUT2D eigenvalue weighted by molar-refractivity contribution is 5.96. The molecule has 0 saturated heterocycles. The normalized spacial score (nSPS) is 10.9. The quantitative estimate of drug-likeness (QED) is 0.319. The zero-order valence-electron chi connectivity index (χ0n) is 17.9. The predicted octanol–water partition coefficient (Wildman–Crippen LogP) is 8.53. The van der Waals surface area contributed by atoms with Crippen LogP contribution in [0.5, 0.6) is 0 Å². The lowest BCUT2D eigenvalue weighted by molar-refractivity contribution is 1.37. The van der Waals surface area contributed by atoms with Crippen LogP contribution in [0.2, 0.25) is 0 Å². The molecule has 150 valence electrons. The average molecular weight is 400 g/mol. The number of fused-ring (bicyclic) bond motifs is 1. The van der Waals surface area contributed by atoms with Crippen LogP contribution in [0.3, 0.4) is 0 Å². The lowest BCUT2D eigenvalue weighted by Gasteiger charge is -2.15. The van der Waals surface area contributed by atoms with Crippen LogP contribution in [0.1, 0.15) is 11.1 Å². The van der Waals surface area contributed by atoms with Crippen molar-refractivity contribution in [2.24, 2.45) is 0 Å². The molecule has 1 nitrogen and oxygen atoms in total. The van der Waals surface area contributed by atoms with Crippen molar-refractivity contribution in [2.75, 3.05) is 5.32 Å². The lowest BCUT2D eigenvalue weighted by Crippen LogP contribution is -1.96. The van der Waals surface area contributed by atoms with Gasteiger partial charge in [-0.2, -0.15) is 0 Å². The largest absolute Gasteiger partial charge is 0.355 e. The number of anilines is 2. The van der Waals surface area contributed by atoms with Gasteiger partial charge >= 0.3 is 0 Å². The van der Waals surface area contributed by atoms with Gasteiger partial charge in [-0.05, 0) is 82.3 Å². The standard InChI is InChI=1S/C30H25N/c1-21-20-30(22(2)19-29(21)24-9-4-3-5-10-24)31-26-17-15-25(16-18-26)28-14-8-12-23-11-6-7-13-27(23)28/h3-20,31H,1-2H3. The van der Waals surface area contributed by atoms with Crippen LogP contribution >= 0.6 is 0 Å². The van der Waals surface area contributed by atoms with E-state index in [1.54, 1.807) is 0 Å². The van der Waals surface area contributed by atoms with Gasteiger partial charge in [-0.25, -0.2) is 0 Å². The van der Waals surface area contributed by atoms with Crippen molar-refractivity contribution < 1.29 is 0 Å². The fraction of sp³-hybridized carbons (Fsp3) is 0.0667. The van der Waals surface area contributed by atoms with E-state index in [-0.39, 0.29) is 0 Å². The third kappa shape index (κ3) is 3.83. The van der Waals surface area contributed by atoms with Crippen LogP contribution < -0.4 is 5.32 Å². The van der Waals surface area contributed by atoms with Gasteiger partial charge in [-0.1, -0.05) is 84.9 Å². The average Bonchev–Trinajstić information content (AvgIpc) is 2.82. The topological polar surface area (TPSA) is 12.0 Å². The van der Waals surface area contributed by atoms with E-state index in [0.717, 1.165) is 11.4 Å². The summed E-state index contributed by atoms with van der Waals surface area (Å²) in [5.41, 5.74) is 9.80. The van der Waals surface area contributed by atoms with Gasteiger partial charge in [0, 0.05) is 11.4 Å². The molecule has 5 aromatic carbocycles. The third-order valence-corrected chi connectivity index (χ3v) is 5.92. The van der Waals surface area contributed by atoms with E-state index in [2.05, 4.69) is 128 Å². The molecule has 1 N–H and O–H groups in total. The summed E-state index contributed by atoms with van der Waals surface area (Å²) < 4.78 is 0. The summed E-state index contributed by atoms with van der Waals surface area (Å²) in [6, 6.07) is 38.9. The van der Waals surface area contributed by atoms with E-state index >= 15 is 0 Å². The predicted molar refractivity (Wildman–Crippen MR) is 134 cm³/mol. The second-order valence-electron chi connectivity index (χ2n) is 8.08. The summed E-state index contributed by atoms with van der Waals surface area (Å²) in [5.74, 6) is 0. The summed E-state index contributed by atoms with van der Waals surface area (Å²) in [7, 11) is 0. The van der Waals surface area contributed by atoms with Crippen LogP contribution in [0.15, 0.2) is 109 Å². The molecule has 0 radical (unpaired) electrons. The van der Waals surface area contributed by atoms with E-state index in [4.69, 9.17) is 0 Å². The molecule has 5 rings (SSSR count). The van der Waals surface area contributed by atoms with Gasteiger partial charge in [0.2, 0.25) is 0 Å². The molecular weight excluding hydrogens is 374 g/mol. The molecule has 0 aliphatic rings. The van der Waals surface area contributed by atoms with Crippen molar-refractivity contribution >= 4 is 22.1 Å². The van der Waals surface area contributed by atoms with E-state index in [9.17, 15) is 0 Å². The summed E-state index contributed by atoms with van der Waals surface area (Å²) in [6.45, 7) is 4.34. The number of rotatable bonds is 4. The first kappa shape index (κ1) is 19.1. The first-order valence-corrected chi connectivity index (χ1v) is 10.7. The number of hydrogen-bond acceptors (Lipinski definition) is 1. The third-order valence-electron chi connectivity index (χ3n) is 5.92. The Hall–Kier alpha value is -3.84. The highest BCUT2D eigenvalue weighted by Gasteiger charge is 2.08. The molecule has 0 saturated carbocycles. The minimum absolute atomic E-state index is 1.10. The zero-order chi connectivity index (χ0) is 21.2. The molecule has 0 unspecified atom stereocenters. The monoisotopic (exact) mass is 399 g/mol. The minimum Gasteiger partial charge on any atom is -0.355 e. The Bertz CT molecular complexity index is 1340. The minimum atomic E-state index is 1.10. The van der Waals surface area contributed by atoms with Gasteiger partial charge in [-0.15, -0.1) is 0 Å². The fourth-order valence-electron chi connectivity index (χ4n) is 4.25. The molecule has 0 amide bonds. The van der Waals surface area contributed by atoms with Crippen molar-refractivity contribution in [3.63, 3.8) is 0 Å². The summed E-state index contributed by atoms with van der Waals surface area (Å²) in [5, 5.41) is 6.16. The Morgan fingerprint density at radius 1 is 0.516 bits per heavy atom. The molecule has 0 spiro atoms. The molecule has 0 aliphatic carbocycles. The maximum Gasteiger partial charge on any atom is 0.0417 e. The van der Waals surface area contributed by atoms with E-state index < -0.39 is 0 Å². The Morgan fingerprint density at radius 2 is 1.19 bits per heavy atom. The van der Waals surface area contributed by atoms with Crippen molar-refractivity contribution in [3.8, 4) is 22.3 Å². The molecule has 0 fully saturated rings. The number of benzene rings is 5. The Balaban J connectivity index is 1.43. The molecule has 0 atom stereocenters. The van der Waals surface area contributed by atoms with Crippen LogP contribution in [-0.2, 0) is 0 Å². The van der Waals surface area contributed by atoms with Crippen LogP contribution in [0.25, 0.3) is 33.0 Å². The molecule has 1 heteroatoms. The van der Waals surface area contributed by atoms with Gasteiger partial charge < -0.3 is 5.32 Å². The maximum absolute atomic E-state index is 3.61. The van der Waals surface area contributed by atoms with Gasteiger partial charge in [0.25, 0.3) is 0 Å².